The minimum absolute atomic E-state index is 0.561. The molecule has 0 aliphatic heterocycles. The maximum atomic E-state index is 3.93. The van der Waals surface area contributed by atoms with Gasteiger partial charge in [0.15, 0.2) is 0 Å². The number of H-pyrrole nitrogens is 1. The van der Waals surface area contributed by atoms with Crippen LogP contribution in [0.25, 0.3) is 0 Å². The first-order chi connectivity index (χ1) is 5.29. The number of rotatable bonds is 3. The zero-order valence-electron chi connectivity index (χ0n) is 6.72. The molecule has 1 aliphatic carbocycles. The average Bonchev–Trinajstić information content (AvgIpc) is 2.53. The predicted molar refractivity (Wildman–Crippen MR) is 44.4 cm³/mol. The van der Waals surface area contributed by atoms with Gasteiger partial charge in [-0.25, -0.2) is 4.98 Å². The molecule has 1 fully saturated rings. The van der Waals surface area contributed by atoms with Crippen LogP contribution in [0.15, 0.2) is 12.5 Å². The van der Waals surface area contributed by atoms with Crippen LogP contribution in [-0.4, -0.2) is 16.5 Å². The molecule has 3 nitrogen and oxygen atoms in total. The molecule has 0 aromatic carbocycles. The Hall–Kier alpha value is -0.990. The third kappa shape index (κ3) is 1.53. The number of aromatic amines is 1. The Labute approximate surface area is 66.2 Å². The lowest BCUT2D eigenvalue weighted by atomic mass is 10.1. The lowest BCUT2D eigenvalue weighted by molar-refractivity contribution is 0.609. The van der Waals surface area contributed by atoms with Crippen molar-refractivity contribution >= 4 is 5.82 Å². The maximum absolute atomic E-state index is 3.93. The normalized spacial score (nSPS) is 19.7. The molecule has 2 rings (SSSR count). The van der Waals surface area contributed by atoms with E-state index in [1.54, 1.807) is 6.33 Å². The number of nitrogens with one attached hydrogen (secondary N) is 2. The smallest absolute Gasteiger partial charge is 0.123 e. The second-order valence-electron chi connectivity index (χ2n) is 3.63. The van der Waals surface area contributed by atoms with Crippen LogP contribution in [0.5, 0.6) is 0 Å². The zero-order valence-corrected chi connectivity index (χ0v) is 6.72. The van der Waals surface area contributed by atoms with Gasteiger partial charge in [0.05, 0.1) is 12.5 Å². The Bertz CT molecular complexity index is 223. The van der Waals surface area contributed by atoms with Crippen molar-refractivity contribution in [2.45, 2.75) is 19.8 Å². The number of hydrogen-bond donors (Lipinski definition) is 2. The summed E-state index contributed by atoms with van der Waals surface area (Å²) in [4.78, 5) is 6.94. The van der Waals surface area contributed by atoms with Crippen LogP contribution in [0, 0.1) is 5.41 Å². The molecule has 2 N–H and O–H groups in total. The standard InChI is InChI=1S/C8H13N3/c1-8(2-3-8)5-10-7-4-9-6-11-7/h4,6,10H,2-3,5H2,1H3,(H,9,11). The fourth-order valence-electron chi connectivity index (χ4n) is 1.05. The maximum Gasteiger partial charge on any atom is 0.123 e. The van der Waals surface area contributed by atoms with Gasteiger partial charge in [-0.05, 0) is 18.3 Å². The molecule has 1 saturated carbocycles. The summed E-state index contributed by atoms with van der Waals surface area (Å²) in [7, 11) is 0. The molecule has 0 unspecified atom stereocenters. The molecular weight excluding hydrogens is 138 g/mol. The first-order valence-corrected chi connectivity index (χ1v) is 4.01. The lowest BCUT2D eigenvalue weighted by Gasteiger charge is -2.08. The minimum Gasteiger partial charge on any atom is -0.370 e. The average molecular weight is 151 g/mol. The van der Waals surface area contributed by atoms with Crippen LogP contribution in [0.2, 0.25) is 0 Å². The predicted octanol–water partition coefficient (Wildman–Crippen LogP) is 1.62. The van der Waals surface area contributed by atoms with E-state index in [1.807, 2.05) is 6.20 Å². The van der Waals surface area contributed by atoms with E-state index in [0.717, 1.165) is 12.4 Å². The van der Waals surface area contributed by atoms with Crippen LogP contribution in [0.3, 0.4) is 0 Å². The van der Waals surface area contributed by atoms with Crippen molar-refractivity contribution in [3.8, 4) is 0 Å². The van der Waals surface area contributed by atoms with Crippen LogP contribution >= 0.6 is 0 Å². The lowest BCUT2D eigenvalue weighted by Crippen LogP contribution is -2.11. The van der Waals surface area contributed by atoms with Gasteiger partial charge in [-0.3, -0.25) is 0 Å². The second kappa shape index (κ2) is 2.26. The van der Waals surface area contributed by atoms with E-state index >= 15 is 0 Å². The van der Waals surface area contributed by atoms with E-state index in [9.17, 15) is 0 Å². The van der Waals surface area contributed by atoms with Gasteiger partial charge in [0.1, 0.15) is 5.82 Å². The highest BCUT2D eigenvalue weighted by Crippen LogP contribution is 2.44. The molecule has 0 radical (unpaired) electrons. The number of anilines is 1. The number of hydrogen-bond acceptors (Lipinski definition) is 2. The summed E-state index contributed by atoms with van der Waals surface area (Å²) < 4.78 is 0. The molecule has 0 atom stereocenters. The van der Waals surface area contributed by atoms with Gasteiger partial charge in [-0.15, -0.1) is 0 Å². The van der Waals surface area contributed by atoms with E-state index in [2.05, 4.69) is 22.2 Å². The second-order valence-corrected chi connectivity index (χ2v) is 3.63. The highest BCUT2D eigenvalue weighted by Gasteiger charge is 2.36. The van der Waals surface area contributed by atoms with Gasteiger partial charge in [0.25, 0.3) is 0 Å². The van der Waals surface area contributed by atoms with E-state index in [1.165, 1.54) is 12.8 Å². The van der Waals surface area contributed by atoms with Crippen molar-refractivity contribution in [2.24, 2.45) is 5.41 Å². The van der Waals surface area contributed by atoms with E-state index in [0.29, 0.717) is 5.41 Å². The Morgan fingerprint density at radius 3 is 3.09 bits per heavy atom. The zero-order chi connectivity index (χ0) is 7.73. The summed E-state index contributed by atoms with van der Waals surface area (Å²) in [6.07, 6.45) is 6.21. The van der Waals surface area contributed by atoms with Crippen LogP contribution < -0.4 is 5.32 Å². The van der Waals surface area contributed by atoms with Crippen molar-refractivity contribution < 1.29 is 0 Å². The number of aromatic nitrogens is 2. The van der Waals surface area contributed by atoms with Crippen molar-refractivity contribution in [1.82, 2.24) is 9.97 Å². The third-order valence-corrected chi connectivity index (χ3v) is 2.31. The van der Waals surface area contributed by atoms with Crippen molar-refractivity contribution in [2.75, 3.05) is 11.9 Å². The van der Waals surface area contributed by atoms with E-state index in [-0.39, 0.29) is 0 Å². The SMILES string of the molecule is CC1(CNc2cnc[nH]2)CC1. The topological polar surface area (TPSA) is 40.7 Å². The minimum atomic E-state index is 0.561. The molecule has 1 aliphatic rings. The molecule has 0 bridgehead atoms. The number of imidazole rings is 1. The molecule has 3 heteroatoms. The fourth-order valence-corrected chi connectivity index (χ4v) is 1.05. The molecule has 1 aromatic heterocycles. The fraction of sp³-hybridized carbons (Fsp3) is 0.625. The monoisotopic (exact) mass is 151 g/mol. The summed E-state index contributed by atoms with van der Waals surface area (Å²) in [6.45, 7) is 3.37. The summed E-state index contributed by atoms with van der Waals surface area (Å²) in [6, 6.07) is 0. The Morgan fingerprint density at radius 1 is 1.73 bits per heavy atom. The highest BCUT2D eigenvalue weighted by atomic mass is 15.0. The molecule has 60 valence electrons. The van der Waals surface area contributed by atoms with Gasteiger partial charge in [0.2, 0.25) is 0 Å². The van der Waals surface area contributed by atoms with Crippen LogP contribution in [0.4, 0.5) is 5.82 Å². The van der Waals surface area contributed by atoms with Crippen LogP contribution in [-0.2, 0) is 0 Å². The van der Waals surface area contributed by atoms with E-state index < -0.39 is 0 Å². The summed E-state index contributed by atoms with van der Waals surface area (Å²) in [5, 5.41) is 3.31. The van der Waals surface area contributed by atoms with Gasteiger partial charge < -0.3 is 10.3 Å². The molecule has 0 spiro atoms. The van der Waals surface area contributed by atoms with Crippen LogP contribution in [0.1, 0.15) is 19.8 Å². The molecule has 0 saturated heterocycles. The molecule has 1 heterocycles. The van der Waals surface area contributed by atoms with Gasteiger partial charge in [-0.2, -0.15) is 0 Å². The highest BCUT2D eigenvalue weighted by molar-refractivity contribution is 5.31. The van der Waals surface area contributed by atoms with Crippen molar-refractivity contribution in [3.63, 3.8) is 0 Å². The Morgan fingerprint density at radius 2 is 2.55 bits per heavy atom. The summed E-state index contributed by atoms with van der Waals surface area (Å²) in [5.41, 5.74) is 0.561. The first kappa shape index (κ1) is 6.70. The summed E-state index contributed by atoms with van der Waals surface area (Å²) in [5.74, 6) is 1.03. The summed E-state index contributed by atoms with van der Waals surface area (Å²) >= 11 is 0. The Kier molecular flexibility index (Phi) is 1.37. The number of nitrogens with zero attached hydrogens (tertiary/aromatic N) is 1. The molecular formula is C8H13N3. The largest absolute Gasteiger partial charge is 0.370 e. The van der Waals surface area contributed by atoms with Gasteiger partial charge in [0, 0.05) is 6.54 Å². The molecule has 0 amide bonds. The quantitative estimate of drug-likeness (QED) is 0.689. The first-order valence-electron chi connectivity index (χ1n) is 4.01. The molecule has 1 aromatic rings. The van der Waals surface area contributed by atoms with Gasteiger partial charge >= 0.3 is 0 Å². The Balaban J connectivity index is 1.83. The third-order valence-electron chi connectivity index (χ3n) is 2.31. The molecule has 11 heavy (non-hydrogen) atoms. The van der Waals surface area contributed by atoms with Crippen molar-refractivity contribution in [1.29, 1.82) is 0 Å². The van der Waals surface area contributed by atoms with E-state index in [4.69, 9.17) is 0 Å². The van der Waals surface area contributed by atoms with Gasteiger partial charge in [-0.1, -0.05) is 6.92 Å². The van der Waals surface area contributed by atoms with Crippen molar-refractivity contribution in [3.05, 3.63) is 12.5 Å².